The standard InChI is InChI=1S/C11H12BrNO2/c1-7-6-15-10-8(11(14)13(7)2)4-3-5-9(10)12/h3-5,7H,6H2,1-2H3. The lowest BCUT2D eigenvalue weighted by Gasteiger charge is -2.20. The molecule has 4 heteroatoms. The van der Waals surface area contributed by atoms with Gasteiger partial charge in [0.15, 0.2) is 0 Å². The van der Waals surface area contributed by atoms with Crippen molar-refractivity contribution < 1.29 is 9.53 Å². The van der Waals surface area contributed by atoms with E-state index >= 15 is 0 Å². The summed E-state index contributed by atoms with van der Waals surface area (Å²) >= 11 is 3.39. The minimum Gasteiger partial charge on any atom is -0.489 e. The van der Waals surface area contributed by atoms with Crippen LogP contribution in [0.3, 0.4) is 0 Å². The van der Waals surface area contributed by atoms with Gasteiger partial charge in [-0.05, 0) is 35.0 Å². The number of hydrogen-bond donors (Lipinski definition) is 0. The first-order valence-electron chi connectivity index (χ1n) is 4.79. The van der Waals surface area contributed by atoms with Gasteiger partial charge in [-0.15, -0.1) is 0 Å². The second-order valence-electron chi connectivity index (χ2n) is 3.69. The van der Waals surface area contributed by atoms with Crippen molar-refractivity contribution in [3.8, 4) is 5.75 Å². The van der Waals surface area contributed by atoms with E-state index in [0.29, 0.717) is 17.9 Å². The summed E-state index contributed by atoms with van der Waals surface area (Å²) in [7, 11) is 1.80. The van der Waals surface area contributed by atoms with E-state index in [1.807, 2.05) is 19.1 Å². The molecule has 0 aromatic heterocycles. The van der Waals surface area contributed by atoms with Crippen LogP contribution in [-0.4, -0.2) is 30.5 Å². The fourth-order valence-electron chi connectivity index (χ4n) is 1.53. The summed E-state index contributed by atoms with van der Waals surface area (Å²) in [6.45, 7) is 2.50. The topological polar surface area (TPSA) is 29.5 Å². The highest BCUT2D eigenvalue weighted by Crippen LogP contribution is 2.32. The van der Waals surface area contributed by atoms with Gasteiger partial charge in [0.1, 0.15) is 12.4 Å². The van der Waals surface area contributed by atoms with Crippen LogP contribution in [0.2, 0.25) is 0 Å². The number of amides is 1. The Labute approximate surface area is 97.2 Å². The summed E-state index contributed by atoms with van der Waals surface area (Å²) < 4.78 is 6.45. The second-order valence-corrected chi connectivity index (χ2v) is 4.55. The normalized spacial score (nSPS) is 20.6. The van der Waals surface area contributed by atoms with Crippen molar-refractivity contribution in [3.05, 3.63) is 28.2 Å². The molecule has 0 saturated carbocycles. The number of halogens is 1. The average Bonchev–Trinajstić information content (AvgIpc) is 2.33. The van der Waals surface area contributed by atoms with E-state index in [1.165, 1.54) is 0 Å². The molecule has 0 N–H and O–H groups in total. The quantitative estimate of drug-likeness (QED) is 0.724. The highest BCUT2D eigenvalue weighted by atomic mass is 79.9. The van der Waals surface area contributed by atoms with Gasteiger partial charge in [0.2, 0.25) is 0 Å². The minimum atomic E-state index is 0.0105. The zero-order chi connectivity index (χ0) is 11.0. The summed E-state index contributed by atoms with van der Waals surface area (Å²) in [4.78, 5) is 13.7. The molecule has 1 amide bonds. The second kappa shape index (κ2) is 3.85. The van der Waals surface area contributed by atoms with Gasteiger partial charge in [-0.2, -0.15) is 0 Å². The number of para-hydroxylation sites is 1. The van der Waals surface area contributed by atoms with Crippen molar-refractivity contribution in [2.75, 3.05) is 13.7 Å². The number of likely N-dealkylation sites (N-methyl/N-ethyl adjacent to an activating group) is 1. The molecule has 1 aromatic rings. The van der Waals surface area contributed by atoms with Crippen molar-refractivity contribution >= 4 is 21.8 Å². The van der Waals surface area contributed by atoms with Crippen molar-refractivity contribution in [2.24, 2.45) is 0 Å². The lowest BCUT2D eigenvalue weighted by molar-refractivity contribution is 0.0732. The summed E-state index contributed by atoms with van der Waals surface area (Å²) in [6, 6.07) is 5.60. The summed E-state index contributed by atoms with van der Waals surface area (Å²) in [6.07, 6.45) is 0. The van der Waals surface area contributed by atoms with Gasteiger partial charge in [-0.1, -0.05) is 6.07 Å². The average molecular weight is 270 g/mol. The highest BCUT2D eigenvalue weighted by molar-refractivity contribution is 9.10. The maximum absolute atomic E-state index is 12.0. The molecule has 0 saturated heterocycles. The van der Waals surface area contributed by atoms with Gasteiger partial charge in [-0.3, -0.25) is 4.79 Å². The number of carbonyl (C=O) groups is 1. The lowest BCUT2D eigenvalue weighted by atomic mass is 10.2. The summed E-state index contributed by atoms with van der Waals surface area (Å²) in [5.41, 5.74) is 0.622. The Kier molecular flexibility index (Phi) is 2.69. The van der Waals surface area contributed by atoms with Gasteiger partial charge in [0.05, 0.1) is 16.1 Å². The number of carbonyl (C=O) groups excluding carboxylic acids is 1. The number of nitrogens with zero attached hydrogens (tertiary/aromatic N) is 1. The van der Waals surface area contributed by atoms with Crippen LogP contribution in [0.5, 0.6) is 5.75 Å². The molecule has 0 bridgehead atoms. The molecule has 0 spiro atoms. The van der Waals surface area contributed by atoms with Gasteiger partial charge in [0, 0.05) is 7.05 Å². The van der Waals surface area contributed by atoms with E-state index in [0.717, 1.165) is 4.47 Å². The highest BCUT2D eigenvalue weighted by Gasteiger charge is 2.26. The van der Waals surface area contributed by atoms with E-state index in [9.17, 15) is 4.79 Å². The SMILES string of the molecule is CC1COc2c(Br)cccc2C(=O)N1C. The smallest absolute Gasteiger partial charge is 0.257 e. The molecule has 1 heterocycles. The van der Waals surface area contributed by atoms with Gasteiger partial charge < -0.3 is 9.64 Å². The maximum atomic E-state index is 12.0. The third-order valence-electron chi connectivity index (χ3n) is 2.65. The zero-order valence-corrected chi connectivity index (χ0v) is 10.2. The van der Waals surface area contributed by atoms with E-state index < -0.39 is 0 Å². The molecule has 1 aromatic carbocycles. The molecule has 1 unspecified atom stereocenters. The Bertz CT molecular complexity index is 406. The van der Waals surface area contributed by atoms with Crippen LogP contribution in [0.15, 0.2) is 22.7 Å². The van der Waals surface area contributed by atoms with E-state index in [1.54, 1.807) is 18.0 Å². The molecule has 2 rings (SSSR count). The molecule has 1 aliphatic heterocycles. The predicted molar refractivity (Wildman–Crippen MR) is 61.2 cm³/mol. The fraction of sp³-hybridized carbons (Fsp3) is 0.364. The third-order valence-corrected chi connectivity index (χ3v) is 3.27. The minimum absolute atomic E-state index is 0.0105. The van der Waals surface area contributed by atoms with Crippen molar-refractivity contribution in [1.82, 2.24) is 4.90 Å². The predicted octanol–water partition coefficient (Wildman–Crippen LogP) is 2.30. The third kappa shape index (κ3) is 1.74. The first kappa shape index (κ1) is 10.5. The van der Waals surface area contributed by atoms with E-state index in [4.69, 9.17) is 4.74 Å². The van der Waals surface area contributed by atoms with Gasteiger partial charge in [0.25, 0.3) is 5.91 Å². The Morgan fingerprint density at radius 3 is 3.00 bits per heavy atom. The molecule has 15 heavy (non-hydrogen) atoms. The van der Waals surface area contributed by atoms with Crippen LogP contribution in [0.4, 0.5) is 0 Å². The Morgan fingerprint density at radius 1 is 1.53 bits per heavy atom. The number of benzene rings is 1. The molecule has 0 fully saturated rings. The largest absolute Gasteiger partial charge is 0.489 e. The zero-order valence-electron chi connectivity index (χ0n) is 8.66. The molecule has 80 valence electrons. The Balaban J connectivity index is 2.52. The molecule has 0 radical (unpaired) electrons. The summed E-state index contributed by atoms with van der Waals surface area (Å²) in [5, 5.41) is 0. The number of hydrogen-bond acceptors (Lipinski definition) is 2. The Morgan fingerprint density at radius 2 is 2.27 bits per heavy atom. The summed E-state index contributed by atoms with van der Waals surface area (Å²) in [5.74, 6) is 0.662. The van der Waals surface area contributed by atoms with Crippen LogP contribution in [-0.2, 0) is 0 Å². The monoisotopic (exact) mass is 269 g/mol. The molecular weight excluding hydrogens is 258 g/mol. The number of fused-ring (bicyclic) bond motifs is 1. The van der Waals surface area contributed by atoms with Gasteiger partial charge in [-0.25, -0.2) is 0 Å². The number of ether oxygens (including phenoxy) is 1. The van der Waals surface area contributed by atoms with Crippen molar-refractivity contribution in [1.29, 1.82) is 0 Å². The molecule has 0 aliphatic carbocycles. The number of rotatable bonds is 0. The van der Waals surface area contributed by atoms with Crippen LogP contribution in [0.25, 0.3) is 0 Å². The van der Waals surface area contributed by atoms with Gasteiger partial charge >= 0.3 is 0 Å². The van der Waals surface area contributed by atoms with Crippen LogP contribution in [0, 0.1) is 0 Å². The van der Waals surface area contributed by atoms with Crippen LogP contribution < -0.4 is 4.74 Å². The first-order chi connectivity index (χ1) is 7.11. The van der Waals surface area contributed by atoms with E-state index in [-0.39, 0.29) is 11.9 Å². The first-order valence-corrected chi connectivity index (χ1v) is 5.59. The molecule has 1 aliphatic rings. The lowest BCUT2D eigenvalue weighted by Crippen LogP contribution is -2.36. The molecule has 3 nitrogen and oxygen atoms in total. The molecular formula is C11H12BrNO2. The van der Waals surface area contributed by atoms with Crippen molar-refractivity contribution in [2.45, 2.75) is 13.0 Å². The fourth-order valence-corrected chi connectivity index (χ4v) is 2.01. The van der Waals surface area contributed by atoms with Crippen LogP contribution >= 0.6 is 15.9 Å². The maximum Gasteiger partial charge on any atom is 0.257 e. The van der Waals surface area contributed by atoms with E-state index in [2.05, 4.69) is 15.9 Å². The molecule has 1 atom stereocenters. The Hall–Kier alpha value is -1.03. The van der Waals surface area contributed by atoms with Crippen molar-refractivity contribution in [3.63, 3.8) is 0 Å². The van der Waals surface area contributed by atoms with Crippen LogP contribution in [0.1, 0.15) is 17.3 Å².